The molecule has 9 heteroatoms. The highest BCUT2D eigenvalue weighted by Crippen LogP contribution is 2.32. The first-order valence-electron chi connectivity index (χ1n) is 14.6. The number of rotatable bonds is 10. The molecule has 0 saturated heterocycles. The average Bonchev–Trinajstić information content (AvgIpc) is 3.48. The Morgan fingerprint density at radius 3 is 2.60 bits per heavy atom. The van der Waals surface area contributed by atoms with E-state index < -0.39 is 5.82 Å². The highest BCUT2D eigenvalue weighted by molar-refractivity contribution is 5.71. The van der Waals surface area contributed by atoms with Crippen molar-refractivity contribution in [3.63, 3.8) is 0 Å². The molecule has 0 bridgehead atoms. The van der Waals surface area contributed by atoms with Gasteiger partial charge in [0.1, 0.15) is 18.1 Å². The predicted molar refractivity (Wildman–Crippen MR) is 157 cm³/mol. The molecule has 2 heterocycles. The van der Waals surface area contributed by atoms with Crippen molar-refractivity contribution in [1.29, 1.82) is 5.26 Å². The van der Waals surface area contributed by atoms with Gasteiger partial charge in [-0.25, -0.2) is 13.7 Å². The molecule has 0 unspecified atom stereocenters. The van der Waals surface area contributed by atoms with Gasteiger partial charge in [0.15, 0.2) is 0 Å². The molecular weight excluding hydrogens is 535 g/mol. The number of hydrogen-bond acceptors (Lipinski definition) is 6. The molecule has 2 aromatic carbocycles. The molecule has 5 rings (SSSR count). The van der Waals surface area contributed by atoms with Crippen LogP contribution in [0.1, 0.15) is 74.4 Å². The first-order chi connectivity index (χ1) is 20.4. The van der Waals surface area contributed by atoms with Gasteiger partial charge in [0.05, 0.1) is 36.2 Å². The minimum absolute atomic E-state index is 0.0461. The summed E-state index contributed by atoms with van der Waals surface area (Å²) in [6.07, 6.45) is 6.29. The lowest BCUT2D eigenvalue weighted by Gasteiger charge is -2.31. The molecule has 0 amide bonds. The normalized spacial score (nSPS) is 16.8. The lowest BCUT2D eigenvalue weighted by Crippen LogP contribution is -2.35. The Morgan fingerprint density at radius 2 is 1.88 bits per heavy atom. The highest BCUT2D eigenvalue weighted by Gasteiger charge is 2.28. The third kappa shape index (κ3) is 6.00. The molecular formula is C33H35FN4O4. The first-order valence-corrected chi connectivity index (χ1v) is 14.6. The monoisotopic (exact) mass is 570 g/mol. The van der Waals surface area contributed by atoms with Crippen LogP contribution in [0.2, 0.25) is 0 Å². The van der Waals surface area contributed by atoms with E-state index >= 15 is 4.39 Å². The number of aryl methyl sites for hydroxylation is 1. The molecule has 1 aliphatic rings. The van der Waals surface area contributed by atoms with Crippen LogP contribution in [0.25, 0.3) is 16.8 Å². The van der Waals surface area contributed by atoms with E-state index in [1.807, 2.05) is 21.2 Å². The van der Waals surface area contributed by atoms with Crippen LogP contribution in [0, 0.1) is 17.1 Å². The minimum atomic E-state index is -0.436. The van der Waals surface area contributed by atoms with Gasteiger partial charge in [-0.2, -0.15) is 10.4 Å². The third-order valence-corrected chi connectivity index (χ3v) is 7.94. The summed E-state index contributed by atoms with van der Waals surface area (Å²) in [4.78, 5) is 25.9. The van der Waals surface area contributed by atoms with Gasteiger partial charge < -0.3 is 9.47 Å². The number of benzene rings is 2. The molecule has 1 saturated carbocycles. The van der Waals surface area contributed by atoms with Gasteiger partial charge in [0.2, 0.25) is 0 Å². The predicted octanol–water partition coefficient (Wildman–Crippen LogP) is 5.78. The van der Waals surface area contributed by atoms with Crippen LogP contribution in [-0.2, 0) is 27.1 Å². The van der Waals surface area contributed by atoms with Gasteiger partial charge in [-0.15, -0.1) is 0 Å². The standard InChI is InChI=1S/C33H35FN4O4/c1-3-7-30-28(18-22-10-15-27(29(34)19-22)26-9-6-5-8-23(26)20-35)33(40)37(31-16-17-36-38(30)31)24-11-13-25(14-12-24)42-21-32(39)41-4-2/h5-6,8-10,15-17,19,24-25H,3-4,7,11-14,18,21H2,1-2H3. The van der Waals surface area contributed by atoms with E-state index in [0.29, 0.717) is 40.8 Å². The molecule has 0 radical (unpaired) electrons. The van der Waals surface area contributed by atoms with Gasteiger partial charge in [0.25, 0.3) is 5.56 Å². The Kier molecular flexibility index (Phi) is 9.13. The van der Waals surface area contributed by atoms with Crippen molar-refractivity contribution in [2.24, 2.45) is 0 Å². The van der Waals surface area contributed by atoms with Crippen LogP contribution >= 0.6 is 0 Å². The lowest BCUT2D eigenvalue weighted by atomic mass is 9.92. The molecule has 1 aliphatic carbocycles. The number of fused-ring (bicyclic) bond motifs is 1. The molecule has 2 aromatic heterocycles. The van der Waals surface area contributed by atoms with Gasteiger partial charge in [-0.1, -0.05) is 43.7 Å². The number of carbonyl (C=O) groups is 1. The van der Waals surface area contributed by atoms with E-state index in [4.69, 9.17) is 9.47 Å². The van der Waals surface area contributed by atoms with Crippen LogP contribution < -0.4 is 5.56 Å². The van der Waals surface area contributed by atoms with E-state index in [2.05, 4.69) is 18.1 Å². The molecule has 42 heavy (non-hydrogen) atoms. The zero-order chi connectivity index (χ0) is 29.6. The van der Waals surface area contributed by atoms with E-state index in [1.54, 1.807) is 43.5 Å². The molecule has 0 spiro atoms. The summed E-state index contributed by atoms with van der Waals surface area (Å²) in [5.41, 5.74) is 4.09. The van der Waals surface area contributed by atoms with Gasteiger partial charge in [-0.3, -0.25) is 9.36 Å². The Balaban J connectivity index is 1.45. The van der Waals surface area contributed by atoms with Crippen molar-refractivity contribution in [3.8, 4) is 17.2 Å². The van der Waals surface area contributed by atoms with Gasteiger partial charge in [-0.05, 0) is 56.7 Å². The quantitative estimate of drug-likeness (QED) is 0.224. The summed E-state index contributed by atoms with van der Waals surface area (Å²) in [5.74, 6) is -0.805. The lowest BCUT2D eigenvalue weighted by molar-refractivity contribution is -0.151. The molecule has 0 atom stereocenters. The molecule has 0 aliphatic heterocycles. The number of halogens is 1. The third-order valence-electron chi connectivity index (χ3n) is 7.94. The number of carbonyl (C=O) groups excluding carboxylic acids is 1. The average molecular weight is 571 g/mol. The number of ether oxygens (including phenoxy) is 2. The fourth-order valence-corrected chi connectivity index (χ4v) is 5.98. The van der Waals surface area contributed by atoms with Crippen molar-refractivity contribution >= 4 is 11.6 Å². The smallest absolute Gasteiger partial charge is 0.332 e. The minimum Gasteiger partial charge on any atom is -0.464 e. The van der Waals surface area contributed by atoms with E-state index in [0.717, 1.165) is 43.4 Å². The number of nitriles is 1. The van der Waals surface area contributed by atoms with E-state index in [-0.39, 0.29) is 36.7 Å². The maximum atomic E-state index is 15.4. The first kappa shape index (κ1) is 29.2. The van der Waals surface area contributed by atoms with Gasteiger partial charge >= 0.3 is 5.97 Å². The van der Waals surface area contributed by atoms with Crippen LogP contribution in [0.15, 0.2) is 59.5 Å². The van der Waals surface area contributed by atoms with Crippen molar-refractivity contribution in [2.75, 3.05) is 13.2 Å². The summed E-state index contributed by atoms with van der Waals surface area (Å²) in [6, 6.07) is 15.9. The largest absolute Gasteiger partial charge is 0.464 e. The SMILES string of the molecule is CCCc1c(Cc2ccc(-c3ccccc3C#N)c(F)c2)c(=O)n(C2CCC(OCC(=O)OCC)CC2)c2ccnn12. The van der Waals surface area contributed by atoms with Crippen LogP contribution in [0.5, 0.6) is 0 Å². The van der Waals surface area contributed by atoms with E-state index in [9.17, 15) is 14.9 Å². The van der Waals surface area contributed by atoms with Crippen molar-refractivity contribution in [1.82, 2.24) is 14.2 Å². The fourth-order valence-electron chi connectivity index (χ4n) is 5.98. The van der Waals surface area contributed by atoms with Crippen molar-refractivity contribution in [2.45, 2.75) is 70.9 Å². The fraction of sp³-hybridized carbons (Fsp3) is 0.394. The van der Waals surface area contributed by atoms with Crippen LogP contribution in [-0.4, -0.2) is 39.5 Å². The second-order valence-corrected chi connectivity index (χ2v) is 10.6. The van der Waals surface area contributed by atoms with Crippen molar-refractivity contribution in [3.05, 3.63) is 93.3 Å². The molecule has 1 fully saturated rings. The van der Waals surface area contributed by atoms with Crippen LogP contribution in [0.3, 0.4) is 0 Å². The Hall–Kier alpha value is -4.29. The summed E-state index contributed by atoms with van der Waals surface area (Å²) in [6.45, 7) is 4.08. The second kappa shape index (κ2) is 13.1. The molecule has 0 N–H and O–H groups in total. The van der Waals surface area contributed by atoms with E-state index in [1.165, 1.54) is 6.07 Å². The Labute approximate surface area is 244 Å². The summed E-state index contributed by atoms with van der Waals surface area (Å²) in [7, 11) is 0. The topological polar surface area (TPSA) is 98.6 Å². The maximum absolute atomic E-state index is 15.4. The Morgan fingerprint density at radius 1 is 1.10 bits per heavy atom. The molecule has 4 aromatic rings. The number of hydrogen-bond donors (Lipinski definition) is 0. The molecule has 8 nitrogen and oxygen atoms in total. The Bertz CT molecular complexity index is 1680. The van der Waals surface area contributed by atoms with Gasteiger partial charge in [0, 0.05) is 35.2 Å². The zero-order valence-corrected chi connectivity index (χ0v) is 24.0. The maximum Gasteiger partial charge on any atom is 0.332 e. The highest BCUT2D eigenvalue weighted by atomic mass is 19.1. The number of nitrogens with zero attached hydrogens (tertiary/aromatic N) is 4. The zero-order valence-electron chi connectivity index (χ0n) is 24.0. The molecule has 218 valence electrons. The summed E-state index contributed by atoms with van der Waals surface area (Å²) < 4.78 is 29.9. The summed E-state index contributed by atoms with van der Waals surface area (Å²) >= 11 is 0. The summed E-state index contributed by atoms with van der Waals surface area (Å²) in [5, 5.41) is 14.1. The van der Waals surface area contributed by atoms with Crippen LogP contribution in [0.4, 0.5) is 4.39 Å². The van der Waals surface area contributed by atoms with Crippen molar-refractivity contribution < 1.29 is 18.7 Å². The number of esters is 1. The second-order valence-electron chi connectivity index (χ2n) is 10.6. The number of aromatic nitrogens is 3.